The maximum absolute atomic E-state index is 13.7. The summed E-state index contributed by atoms with van der Waals surface area (Å²) in [5, 5.41) is 11.7. The summed E-state index contributed by atoms with van der Waals surface area (Å²) in [5.74, 6) is -0.226. The number of fused-ring (bicyclic) bond motifs is 4. The molecule has 1 amide bonds. The van der Waals surface area contributed by atoms with E-state index in [0.717, 1.165) is 28.8 Å². The number of nitrogens with one attached hydrogen (secondary N) is 1. The molecule has 0 saturated carbocycles. The first-order chi connectivity index (χ1) is 19.9. The molecular formula is C30H25Cl2N7O2. The van der Waals surface area contributed by atoms with Gasteiger partial charge in [-0.1, -0.05) is 60.0 Å². The number of pyridine rings is 1. The standard InChI is InChI=1S/C30H25Cl2N7O2/c1-18-5-4-8-26(20-11-19(14-33-15-20)22-6-2-3-7-24(22)35-30(18)41)38-17-34-25(13-29(38)40)23-12-21(31)9-10-27(23)39-16-28(32)36-37-39/h2-3,6-7,9-18,26H,4-5,8H2,1H3,(H,35,41)/t18-,26+/m1/s1. The number of halogens is 2. The van der Waals surface area contributed by atoms with Gasteiger partial charge in [0, 0.05) is 51.8 Å². The van der Waals surface area contributed by atoms with Crippen LogP contribution < -0.4 is 10.9 Å². The second-order valence-corrected chi connectivity index (χ2v) is 10.9. The molecule has 0 spiro atoms. The Morgan fingerprint density at radius 1 is 0.976 bits per heavy atom. The van der Waals surface area contributed by atoms with E-state index in [1.807, 2.05) is 37.3 Å². The normalized spacial score (nSPS) is 17.2. The van der Waals surface area contributed by atoms with Crippen molar-refractivity contribution < 1.29 is 4.79 Å². The largest absolute Gasteiger partial charge is 0.325 e. The number of hydrogen-bond donors (Lipinski definition) is 1. The number of hydrogen-bond acceptors (Lipinski definition) is 6. The van der Waals surface area contributed by atoms with Crippen molar-refractivity contribution in [2.24, 2.45) is 5.92 Å². The van der Waals surface area contributed by atoms with E-state index in [1.165, 1.54) is 10.7 Å². The van der Waals surface area contributed by atoms with Crippen molar-refractivity contribution in [1.82, 2.24) is 29.5 Å². The first-order valence-electron chi connectivity index (χ1n) is 13.2. The molecule has 1 aliphatic rings. The highest BCUT2D eigenvalue weighted by Crippen LogP contribution is 2.33. The fraction of sp³-hybridized carbons (Fsp3) is 0.200. The second kappa shape index (κ2) is 11.3. The Labute approximate surface area is 245 Å². The number of rotatable bonds is 3. The lowest BCUT2D eigenvalue weighted by Gasteiger charge is -2.23. The van der Waals surface area contributed by atoms with Gasteiger partial charge in [-0.25, -0.2) is 9.67 Å². The topological polar surface area (TPSA) is 108 Å². The van der Waals surface area contributed by atoms with Gasteiger partial charge in [0.15, 0.2) is 5.15 Å². The quantitative estimate of drug-likeness (QED) is 0.270. The molecule has 11 heteroatoms. The fourth-order valence-electron chi connectivity index (χ4n) is 5.17. The van der Waals surface area contributed by atoms with Gasteiger partial charge in [-0.05, 0) is 48.7 Å². The monoisotopic (exact) mass is 585 g/mol. The highest BCUT2D eigenvalue weighted by atomic mass is 35.5. The summed E-state index contributed by atoms with van der Waals surface area (Å²) >= 11 is 12.3. The van der Waals surface area contributed by atoms with Gasteiger partial charge in [-0.2, -0.15) is 0 Å². The van der Waals surface area contributed by atoms with Crippen LogP contribution in [0.1, 0.15) is 37.8 Å². The van der Waals surface area contributed by atoms with Crippen LogP contribution in [0.5, 0.6) is 0 Å². The van der Waals surface area contributed by atoms with Crippen molar-refractivity contribution >= 4 is 34.8 Å². The Morgan fingerprint density at radius 2 is 1.83 bits per heavy atom. The highest BCUT2D eigenvalue weighted by molar-refractivity contribution is 6.31. The second-order valence-electron chi connectivity index (χ2n) is 10.1. The number of anilines is 1. The molecule has 41 heavy (non-hydrogen) atoms. The van der Waals surface area contributed by atoms with E-state index in [-0.39, 0.29) is 28.6 Å². The van der Waals surface area contributed by atoms with E-state index in [9.17, 15) is 9.59 Å². The minimum atomic E-state index is -0.327. The number of carbonyl (C=O) groups excluding carboxylic acids is 1. The molecule has 206 valence electrons. The Morgan fingerprint density at radius 3 is 2.63 bits per heavy atom. The van der Waals surface area contributed by atoms with E-state index < -0.39 is 0 Å². The third kappa shape index (κ3) is 5.51. The summed E-state index contributed by atoms with van der Waals surface area (Å²) in [6.07, 6.45) is 8.71. The molecule has 2 bridgehead atoms. The van der Waals surface area contributed by atoms with E-state index in [0.29, 0.717) is 34.8 Å². The zero-order valence-corrected chi connectivity index (χ0v) is 23.5. The average molecular weight is 586 g/mol. The minimum Gasteiger partial charge on any atom is -0.325 e. The van der Waals surface area contributed by atoms with Crippen molar-refractivity contribution in [3.8, 4) is 28.1 Å². The van der Waals surface area contributed by atoms with Crippen molar-refractivity contribution in [1.29, 1.82) is 0 Å². The third-order valence-electron chi connectivity index (χ3n) is 7.32. The number of amides is 1. The van der Waals surface area contributed by atoms with Crippen LogP contribution in [0.2, 0.25) is 10.2 Å². The van der Waals surface area contributed by atoms with Gasteiger partial charge in [-0.3, -0.25) is 19.1 Å². The number of carbonyl (C=O) groups is 1. The molecular weight excluding hydrogens is 561 g/mol. The first kappa shape index (κ1) is 26.9. The van der Waals surface area contributed by atoms with Crippen LogP contribution in [0, 0.1) is 5.92 Å². The SMILES string of the molecule is C[C@@H]1CCC[C@H](n2cnc(-c3cc(Cl)ccc3-n3cc(Cl)nn3)cc2=O)c2cncc(c2)-c2ccccc2NC1=O. The predicted molar refractivity (Wildman–Crippen MR) is 158 cm³/mol. The zero-order valence-electron chi connectivity index (χ0n) is 22.0. The molecule has 3 aromatic heterocycles. The molecule has 6 rings (SSSR count). The maximum atomic E-state index is 13.7. The fourth-order valence-corrected chi connectivity index (χ4v) is 5.47. The van der Waals surface area contributed by atoms with Gasteiger partial charge in [0.1, 0.15) is 0 Å². The van der Waals surface area contributed by atoms with E-state index in [4.69, 9.17) is 23.2 Å². The predicted octanol–water partition coefficient (Wildman–Crippen LogP) is 6.21. The summed E-state index contributed by atoms with van der Waals surface area (Å²) < 4.78 is 3.14. The lowest BCUT2D eigenvalue weighted by Crippen LogP contribution is -2.26. The molecule has 0 unspecified atom stereocenters. The van der Waals surface area contributed by atoms with Crippen LogP contribution in [0.25, 0.3) is 28.1 Å². The average Bonchev–Trinajstić information content (AvgIpc) is 3.41. The number of benzene rings is 2. The van der Waals surface area contributed by atoms with Gasteiger partial charge in [0.2, 0.25) is 5.91 Å². The maximum Gasteiger partial charge on any atom is 0.254 e. The lowest BCUT2D eigenvalue weighted by molar-refractivity contribution is -0.119. The van der Waals surface area contributed by atoms with Crippen molar-refractivity contribution in [3.05, 3.63) is 106 Å². The van der Waals surface area contributed by atoms with Crippen LogP contribution in [-0.4, -0.2) is 35.4 Å². The summed E-state index contributed by atoms with van der Waals surface area (Å²) in [6, 6.07) is 16.1. The summed E-state index contributed by atoms with van der Waals surface area (Å²) in [7, 11) is 0. The van der Waals surface area contributed by atoms with Gasteiger partial charge in [0.25, 0.3) is 5.56 Å². The van der Waals surface area contributed by atoms with Crippen molar-refractivity contribution in [2.75, 3.05) is 5.32 Å². The van der Waals surface area contributed by atoms with E-state index in [2.05, 4.69) is 25.6 Å². The highest BCUT2D eigenvalue weighted by Gasteiger charge is 2.22. The lowest BCUT2D eigenvalue weighted by atomic mass is 9.94. The third-order valence-corrected chi connectivity index (χ3v) is 7.73. The Bertz CT molecular complexity index is 1820. The van der Waals surface area contributed by atoms with Gasteiger partial charge in [0.05, 0.1) is 29.9 Å². The summed E-state index contributed by atoms with van der Waals surface area (Å²) in [6.45, 7) is 1.92. The van der Waals surface area contributed by atoms with Crippen LogP contribution >= 0.6 is 23.2 Å². The molecule has 0 saturated heterocycles. The molecule has 1 N–H and O–H groups in total. The number of nitrogens with zero attached hydrogens (tertiary/aromatic N) is 6. The van der Waals surface area contributed by atoms with Crippen LogP contribution in [-0.2, 0) is 4.79 Å². The molecule has 0 fully saturated rings. The number of aromatic nitrogens is 6. The minimum absolute atomic E-state index is 0.0344. The zero-order chi connectivity index (χ0) is 28.5. The smallest absolute Gasteiger partial charge is 0.254 e. The van der Waals surface area contributed by atoms with Crippen molar-refractivity contribution in [3.63, 3.8) is 0 Å². The molecule has 4 heterocycles. The molecule has 2 aromatic carbocycles. The van der Waals surface area contributed by atoms with E-state index in [1.54, 1.807) is 47.7 Å². The van der Waals surface area contributed by atoms with Crippen LogP contribution in [0.15, 0.2) is 84.3 Å². The van der Waals surface area contributed by atoms with Crippen LogP contribution in [0.4, 0.5) is 5.69 Å². The van der Waals surface area contributed by atoms with Gasteiger partial charge in [-0.15, -0.1) is 5.10 Å². The van der Waals surface area contributed by atoms with Crippen LogP contribution in [0.3, 0.4) is 0 Å². The summed E-state index contributed by atoms with van der Waals surface area (Å²) in [5.41, 5.74) is 4.78. The van der Waals surface area contributed by atoms with E-state index >= 15 is 0 Å². The molecule has 5 aromatic rings. The Kier molecular flexibility index (Phi) is 7.38. The Balaban J connectivity index is 1.43. The molecule has 1 aliphatic heterocycles. The summed E-state index contributed by atoms with van der Waals surface area (Å²) in [4.78, 5) is 35.8. The first-order valence-corrected chi connectivity index (χ1v) is 13.9. The van der Waals surface area contributed by atoms with Gasteiger partial charge >= 0.3 is 0 Å². The molecule has 2 atom stereocenters. The number of para-hydroxylation sites is 1. The molecule has 0 radical (unpaired) electrons. The van der Waals surface area contributed by atoms with Crippen molar-refractivity contribution in [2.45, 2.75) is 32.2 Å². The Hall–Kier alpha value is -4.34. The molecule has 9 nitrogen and oxygen atoms in total. The van der Waals surface area contributed by atoms with Gasteiger partial charge < -0.3 is 5.32 Å². The molecule has 0 aliphatic carbocycles.